The average Bonchev–Trinajstić information content (AvgIpc) is 2.42. The summed E-state index contributed by atoms with van der Waals surface area (Å²) in [7, 11) is 1.63. The van der Waals surface area contributed by atoms with Crippen molar-refractivity contribution in [3.63, 3.8) is 0 Å². The molecule has 2 rings (SSSR count). The number of piperazine rings is 1. The lowest BCUT2D eigenvalue weighted by Gasteiger charge is -2.27. The van der Waals surface area contributed by atoms with Crippen LogP contribution in [0.5, 0.6) is 11.5 Å². The van der Waals surface area contributed by atoms with Gasteiger partial charge in [0, 0.05) is 38.3 Å². The van der Waals surface area contributed by atoms with Gasteiger partial charge in [0.25, 0.3) is 0 Å². The van der Waals surface area contributed by atoms with Crippen LogP contribution >= 0.6 is 0 Å². The molecule has 1 heterocycles. The van der Waals surface area contributed by atoms with Crippen LogP contribution in [-0.2, 0) is 6.42 Å². The molecule has 0 amide bonds. The van der Waals surface area contributed by atoms with E-state index in [2.05, 4.69) is 10.2 Å². The van der Waals surface area contributed by atoms with Gasteiger partial charge in [-0.05, 0) is 25.0 Å². The molecule has 1 aromatic carbocycles. The van der Waals surface area contributed by atoms with Crippen molar-refractivity contribution >= 4 is 0 Å². The van der Waals surface area contributed by atoms with Gasteiger partial charge in [-0.25, -0.2) is 0 Å². The Morgan fingerprint density at radius 1 is 1.33 bits per heavy atom. The summed E-state index contributed by atoms with van der Waals surface area (Å²) in [6.45, 7) is 7.20. The summed E-state index contributed by atoms with van der Waals surface area (Å²) in [5, 5.41) is 13.5. The number of phenolic OH excluding ortho intramolecular Hbond substituents is 1. The van der Waals surface area contributed by atoms with Gasteiger partial charge in [-0.15, -0.1) is 0 Å². The Hall–Kier alpha value is -1.26. The molecule has 4 heteroatoms. The van der Waals surface area contributed by atoms with Crippen LogP contribution in [0.15, 0.2) is 12.1 Å². The molecule has 0 aliphatic carbocycles. The molecule has 1 aromatic rings. The topological polar surface area (TPSA) is 44.7 Å². The first-order valence-electron chi connectivity index (χ1n) is 6.51. The maximum absolute atomic E-state index is 10.1. The molecule has 1 fully saturated rings. The van der Waals surface area contributed by atoms with Crippen molar-refractivity contribution in [2.24, 2.45) is 0 Å². The number of rotatable bonds is 4. The van der Waals surface area contributed by atoms with E-state index in [1.165, 1.54) is 0 Å². The zero-order valence-corrected chi connectivity index (χ0v) is 11.2. The monoisotopic (exact) mass is 250 g/mol. The summed E-state index contributed by atoms with van der Waals surface area (Å²) in [6, 6.07) is 3.89. The van der Waals surface area contributed by atoms with Gasteiger partial charge in [0.05, 0.1) is 7.11 Å². The molecular formula is C14H22N2O2. The Bertz CT molecular complexity index is 401. The van der Waals surface area contributed by atoms with Crippen LogP contribution in [0.2, 0.25) is 0 Å². The molecule has 1 saturated heterocycles. The Morgan fingerprint density at radius 3 is 2.72 bits per heavy atom. The van der Waals surface area contributed by atoms with Gasteiger partial charge < -0.3 is 20.1 Å². The van der Waals surface area contributed by atoms with E-state index in [-0.39, 0.29) is 0 Å². The first-order chi connectivity index (χ1) is 8.72. The SMILES string of the molecule is COc1ccc(CCN2CCNCC2)c(O)c1C. The van der Waals surface area contributed by atoms with Crippen molar-refractivity contribution in [2.75, 3.05) is 39.8 Å². The first-order valence-corrected chi connectivity index (χ1v) is 6.51. The highest BCUT2D eigenvalue weighted by molar-refractivity contribution is 5.48. The van der Waals surface area contributed by atoms with E-state index in [0.717, 1.165) is 56.0 Å². The summed E-state index contributed by atoms with van der Waals surface area (Å²) in [4.78, 5) is 2.43. The zero-order chi connectivity index (χ0) is 13.0. The van der Waals surface area contributed by atoms with Crippen molar-refractivity contribution in [1.82, 2.24) is 10.2 Å². The van der Waals surface area contributed by atoms with Crippen LogP contribution in [0.3, 0.4) is 0 Å². The van der Waals surface area contributed by atoms with Gasteiger partial charge in [0.15, 0.2) is 0 Å². The van der Waals surface area contributed by atoms with Crippen LogP contribution < -0.4 is 10.1 Å². The molecule has 0 aromatic heterocycles. The smallest absolute Gasteiger partial charge is 0.125 e. The average molecular weight is 250 g/mol. The quantitative estimate of drug-likeness (QED) is 0.841. The maximum atomic E-state index is 10.1. The third-order valence-electron chi connectivity index (χ3n) is 3.59. The fraction of sp³-hybridized carbons (Fsp3) is 0.571. The molecule has 0 atom stereocenters. The molecule has 18 heavy (non-hydrogen) atoms. The Balaban J connectivity index is 1.98. The van der Waals surface area contributed by atoms with E-state index in [1.807, 2.05) is 19.1 Å². The summed E-state index contributed by atoms with van der Waals surface area (Å²) in [5.74, 6) is 1.13. The molecule has 0 unspecified atom stereocenters. The van der Waals surface area contributed by atoms with Gasteiger partial charge in [-0.2, -0.15) is 0 Å². The number of nitrogens with one attached hydrogen (secondary N) is 1. The second kappa shape index (κ2) is 6.07. The van der Waals surface area contributed by atoms with Crippen molar-refractivity contribution < 1.29 is 9.84 Å². The molecule has 0 saturated carbocycles. The highest BCUT2D eigenvalue weighted by Gasteiger charge is 2.12. The van der Waals surface area contributed by atoms with E-state index in [0.29, 0.717) is 5.75 Å². The van der Waals surface area contributed by atoms with E-state index in [9.17, 15) is 5.11 Å². The lowest BCUT2D eigenvalue weighted by atomic mass is 10.1. The predicted octanol–water partition coefficient (Wildman–Crippen LogP) is 1.16. The predicted molar refractivity (Wildman–Crippen MR) is 72.4 cm³/mol. The van der Waals surface area contributed by atoms with Crippen molar-refractivity contribution in [2.45, 2.75) is 13.3 Å². The van der Waals surface area contributed by atoms with Gasteiger partial charge in [-0.1, -0.05) is 6.07 Å². The minimum absolute atomic E-state index is 0.379. The number of nitrogens with zero attached hydrogens (tertiary/aromatic N) is 1. The largest absolute Gasteiger partial charge is 0.507 e. The van der Waals surface area contributed by atoms with E-state index in [4.69, 9.17) is 4.74 Å². The first kappa shape index (κ1) is 13.2. The summed E-state index contributed by atoms with van der Waals surface area (Å²) < 4.78 is 5.20. The maximum Gasteiger partial charge on any atom is 0.125 e. The second-order valence-corrected chi connectivity index (χ2v) is 4.74. The van der Waals surface area contributed by atoms with Gasteiger partial charge in [-0.3, -0.25) is 0 Å². The van der Waals surface area contributed by atoms with E-state index < -0.39 is 0 Å². The molecule has 1 aliphatic rings. The zero-order valence-electron chi connectivity index (χ0n) is 11.2. The number of phenols is 1. The molecular weight excluding hydrogens is 228 g/mol. The Morgan fingerprint density at radius 2 is 2.06 bits per heavy atom. The highest BCUT2D eigenvalue weighted by Crippen LogP contribution is 2.30. The highest BCUT2D eigenvalue weighted by atomic mass is 16.5. The fourth-order valence-corrected chi connectivity index (χ4v) is 2.37. The Kier molecular flexibility index (Phi) is 4.44. The fourth-order valence-electron chi connectivity index (χ4n) is 2.37. The lowest BCUT2D eigenvalue weighted by Crippen LogP contribution is -2.44. The number of hydrogen-bond donors (Lipinski definition) is 2. The number of benzene rings is 1. The molecule has 2 N–H and O–H groups in total. The third kappa shape index (κ3) is 2.94. The molecule has 4 nitrogen and oxygen atoms in total. The number of aromatic hydroxyl groups is 1. The van der Waals surface area contributed by atoms with Gasteiger partial charge in [0.2, 0.25) is 0 Å². The van der Waals surface area contributed by atoms with Crippen molar-refractivity contribution in [3.05, 3.63) is 23.3 Å². The van der Waals surface area contributed by atoms with Gasteiger partial charge in [0.1, 0.15) is 11.5 Å². The van der Waals surface area contributed by atoms with Crippen LogP contribution in [0, 0.1) is 6.92 Å². The number of ether oxygens (including phenoxy) is 1. The molecule has 100 valence electrons. The molecule has 0 bridgehead atoms. The normalized spacial score (nSPS) is 16.8. The standard InChI is InChI=1S/C14H22N2O2/c1-11-13(18-2)4-3-12(14(11)17)5-8-16-9-6-15-7-10-16/h3-4,15,17H,5-10H2,1-2H3. The molecule has 0 spiro atoms. The summed E-state index contributed by atoms with van der Waals surface area (Å²) in [5.41, 5.74) is 1.84. The van der Waals surface area contributed by atoms with Crippen LogP contribution in [0.25, 0.3) is 0 Å². The van der Waals surface area contributed by atoms with E-state index >= 15 is 0 Å². The molecule has 0 radical (unpaired) electrons. The van der Waals surface area contributed by atoms with Crippen LogP contribution in [-0.4, -0.2) is 49.8 Å². The van der Waals surface area contributed by atoms with Crippen LogP contribution in [0.4, 0.5) is 0 Å². The third-order valence-corrected chi connectivity index (χ3v) is 3.59. The summed E-state index contributed by atoms with van der Waals surface area (Å²) >= 11 is 0. The molecule has 1 aliphatic heterocycles. The van der Waals surface area contributed by atoms with E-state index in [1.54, 1.807) is 7.11 Å². The number of hydrogen-bond acceptors (Lipinski definition) is 4. The number of methoxy groups -OCH3 is 1. The minimum Gasteiger partial charge on any atom is -0.507 e. The minimum atomic E-state index is 0.379. The van der Waals surface area contributed by atoms with Gasteiger partial charge >= 0.3 is 0 Å². The summed E-state index contributed by atoms with van der Waals surface area (Å²) in [6.07, 6.45) is 0.886. The van der Waals surface area contributed by atoms with Crippen LogP contribution in [0.1, 0.15) is 11.1 Å². The second-order valence-electron chi connectivity index (χ2n) is 4.74. The van der Waals surface area contributed by atoms with Crippen molar-refractivity contribution in [3.8, 4) is 11.5 Å². The lowest BCUT2D eigenvalue weighted by molar-refractivity contribution is 0.243. The Labute approximate surface area is 109 Å². The van der Waals surface area contributed by atoms with Crippen molar-refractivity contribution in [1.29, 1.82) is 0 Å².